The molecule has 0 aromatic carbocycles. The summed E-state index contributed by atoms with van der Waals surface area (Å²) in [5, 5.41) is 31.7. The minimum atomic E-state index is -4.70. The molecule has 0 radical (unpaired) electrons. The van der Waals surface area contributed by atoms with Crippen LogP contribution in [0.1, 0.15) is 24.5 Å². The Balaban J connectivity index is 2.08. The predicted molar refractivity (Wildman–Crippen MR) is 89.7 cm³/mol. The van der Waals surface area contributed by atoms with Crippen molar-refractivity contribution in [3.05, 3.63) is 29.6 Å². The highest BCUT2D eigenvalue weighted by atomic mass is 19.4. The van der Waals surface area contributed by atoms with E-state index in [1.165, 1.54) is 17.1 Å². The van der Waals surface area contributed by atoms with Gasteiger partial charge in [-0.2, -0.15) is 23.5 Å². The first-order valence-electron chi connectivity index (χ1n) is 8.35. The summed E-state index contributed by atoms with van der Waals surface area (Å²) < 4.78 is 41.9. The number of pyridine rings is 1. The molecule has 0 spiro atoms. The molecular formula is C17H18F3N5O2. The molecule has 144 valence electrons. The molecule has 2 aromatic heterocycles. The Labute approximate surface area is 153 Å². The average molecular weight is 381 g/mol. The quantitative estimate of drug-likeness (QED) is 0.819. The van der Waals surface area contributed by atoms with Crippen molar-refractivity contribution >= 4 is 5.82 Å². The summed E-state index contributed by atoms with van der Waals surface area (Å²) >= 11 is 0. The molecule has 27 heavy (non-hydrogen) atoms. The molecule has 3 heterocycles. The molecule has 0 bridgehead atoms. The largest absolute Gasteiger partial charge is 0.417 e. The summed E-state index contributed by atoms with van der Waals surface area (Å²) in [6.45, 7) is 1.93. The van der Waals surface area contributed by atoms with E-state index in [2.05, 4.69) is 10.1 Å². The minimum Gasteiger partial charge on any atom is -0.394 e. The molecule has 1 saturated heterocycles. The van der Waals surface area contributed by atoms with Crippen LogP contribution in [0.2, 0.25) is 0 Å². The summed E-state index contributed by atoms with van der Waals surface area (Å²) in [5.74, 6) is 0.0178. The van der Waals surface area contributed by atoms with E-state index < -0.39 is 30.0 Å². The van der Waals surface area contributed by atoms with Crippen LogP contribution in [0.25, 0.3) is 11.3 Å². The van der Waals surface area contributed by atoms with Gasteiger partial charge in [0.2, 0.25) is 0 Å². The SMILES string of the molecule is C[C@H]1CCN1c1nc(-c2cnn(CC(O)CO)c2)cc(C(F)(F)F)c1C#N. The number of rotatable bonds is 5. The second-order valence-corrected chi connectivity index (χ2v) is 6.48. The van der Waals surface area contributed by atoms with Gasteiger partial charge in [0.15, 0.2) is 0 Å². The second-order valence-electron chi connectivity index (χ2n) is 6.48. The molecule has 2 N–H and O–H groups in total. The maximum Gasteiger partial charge on any atom is 0.417 e. The third-order valence-electron chi connectivity index (χ3n) is 4.55. The summed E-state index contributed by atoms with van der Waals surface area (Å²) in [7, 11) is 0. The highest BCUT2D eigenvalue weighted by Crippen LogP contribution is 2.39. The predicted octanol–water partition coefficient (Wildman–Crippen LogP) is 1.79. The van der Waals surface area contributed by atoms with Crippen LogP contribution in [-0.2, 0) is 12.7 Å². The molecule has 1 unspecified atom stereocenters. The number of aliphatic hydroxyl groups is 2. The molecule has 0 saturated carbocycles. The maximum absolute atomic E-state index is 13.5. The zero-order chi connectivity index (χ0) is 19.8. The number of nitrogens with zero attached hydrogens (tertiary/aromatic N) is 5. The van der Waals surface area contributed by atoms with Crippen LogP contribution in [0, 0.1) is 11.3 Å². The Hall–Kier alpha value is -2.64. The summed E-state index contributed by atoms with van der Waals surface area (Å²) in [5.41, 5.74) is -1.15. The number of hydrogen-bond acceptors (Lipinski definition) is 6. The van der Waals surface area contributed by atoms with Crippen LogP contribution < -0.4 is 4.90 Å². The molecule has 10 heteroatoms. The standard InChI is InChI=1S/C17H18F3N5O2/c1-10-2-3-25(10)16-13(5-21)14(17(18,19)20)4-15(23-16)11-6-22-24(7-11)8-12(27)9-26/h4,6-7,10,12,26-27H,2-3,8-9H2,1H3/t10-,12?/m0/s1. The second kappa shape index (κ2) is 7.17. The van der Waals surface area contributed by atoms with Crippen LogP contribution in [0.4, 0.5) is 19.0 Å². The normalized spacial score (nSPS) is 18.1. The van der Waals surface area contributed by atoms with Gasteiger partial charge in [-0.15, -0.1) is 0 Å². The van der Waals surface area contributed by atoms with E-state index in [1.54, 1.807) is 11.0 Å². The third kappa shape index (κ3) is 3.74. The van der Waals surface area contributed by atoms with Crippen molar-refractivity contribution in [3.63, 3.8) is 0 Å². The molecule has 0 aliphatic carbocycles. The number of aromatic nitrogens is 3. The lowest BCUT2D eigenvalue weighted by molar-refractivity contribution is -0.137. The lowest BCUT2D eigenvalue weighted by Gasteiger charge is -2.40. The van der Waals surface area contributed by atoms with Gasteiger partial charge in [0.1, 0.15) is 17.5 Å². The van der Waals surface area contributed by atoms with Gasteiger partial charge in [-0.3, -0.25) is 4.68 Å². The van der Waals surface area contributed by atoms with Crippen molar-refractivity contribution in [1.82, 2.24) is 14.8 Å². The van der Waals surface area contributed by atoms with Gasteiger partial charge < -0.3 is 15.1 Å². The summed E-state index contributed by atoms with van der Waals surface area (Å²) in [4.78, 5) is 5.99. The smallest absolute Gasteiger partial charge is 0.394 e. The van der Waals surface area contributed by atoms with Crippen molar-refractivity contribution in [2.24, 2.45) is 0 Å². The topological polar surface area (TPSA) is 98.2 Å². The fourth-order valence-electron chi connectivity index (χ4n) is 2.92. The Morgan fingerprint density at radius 2 is 2.19 bits per heavy atom. The molecular weight excluding hydrogens is 363 g/mol. The highest BCUT2D eigenvalue weighted by molar-refractivity contribution is 5.68. The van der Waals surface area contributed by atoms with Crippen molar-refractivity contribution in [2.75, 3.05) is 18.1 Å². The molecule has 2 aromatic rings. The molecule has 7 nitrogen and oxygen atoms in total. The first-order chi connectivity index (χ1) is 12.7. The highest BCUT2D eigenvalue weighted by Gasteiger charge is 2.38. The summed E-state index contributed by atoms with van der Waals surface area (Å²) in [6, 6.07) is 2.50. The van der Waals surface area contributed by atoms with E-state index in [1.807, 2.05) is 6.92 Å². The molecule has 3 rings (SSSR count). The van der Waals surface area contributed by atoms with Gasteiger partial charge in [-0.05, 0) is 19.4 Å². The molecule has 1 fully saturated rings. The van der Waals surface area contributed by atoms with E-state index in [-0.39, 0.29) is 24.1 Å². The van der Waals surface area contributed by atoms with Crippen molar-refractivity contribution in [3.8, 4) is 17.3 Å². The first kappa shape index (κ1) is 19.1. The van der Waals surface area contributed by atoms with E-state index in [0.717, 1.165) is 12.5 Å². The van der Waals surface area contributed by atoms with E-state index in [9.17, 15) is 23.5 Å². The molecule has 2 atom stereocenters. The minimum absolute atomic E-state index is 0.00311. The van der Waals surface area contributed by atoms with Gasteiger partial charge in [0.05, 0.1) is 36.7 Å². The van der Waals surface area contributed by atoms with Crippen LogP contribution in [0.5, 0.6) is 0 Å². The number of aliphatic hydroxyl groups excluding tert-OH is 2. The van der Waals surface area contributed by atoms with Crippen LogP contribution >= 0.6 is 0 Å². The first-order valence-corrected chi connectivity index (χ1v) is 8.35. The van der Waals surface area contributed by atoms with E-state index in [0.29, 0.717) is 12.1 Å². The van der Waals surface area contributed by atoms with Crippen LogP contribution in [0.3, 0.4) is 0 Å². The monoisotopic (exact) mass is 381 g/mol. The lowest BCUT2D eigenvalue weighted by atomic mass is 10.0. The van der Waals surface area contributed by atoms with Crippen molar-refractivity contribution in [1.29, 1.82) is 5.26 Å². The van der Waals surface area contributed by atoms with Crippen molar-refractivity contribution < 1.29 is 23.4 Å². The number of alkyl halides is 3. The Morgan fingerprint density at radius 3 is 2.70 bits per heavy atom. The zero-order valence-corrected chi connectivity index (χ0v) is 14.5. The van der Waals surface area contributed by atoms with Gasteiger partial charge in [0, 0.05) is 24.3 Å². The molecule has 1 aliphatic rings. The van der Waals surface area contributed by atoms with Gasteiger partial charge in [-0.25, -0.2) is 4.98 Å². The molecule has 0 amide bonds. The summed E-state index contributed by atoms with van der Waals surface area (Å²) in [6.07, 6.45) is -2.14. The average Bonchev–Trinajstić information content (AvgIpc) is 3.07. The molecule has 1 aliphatic heterocycles. The van der Waals surface area contributed by atoms with Gasteiger partial charge in [-0.1, -0.05) is 0 Å². The van der Waals surface area contributed by atoms with Crippen LogP contribution in [0.15, 0.2) is 18.5 Å². The lowest BCUT2D eigenvalue weighted by Crippen LogP contribution is -2.46. The van der Waals surface area contributed by atoms with Crippen molar-refractivity contribution in [2.45, 2.75) is 38.2 Å². The number of nitriles is 1. The van der Waals surface area contributed by atoms with Crippen LogP contribution in [-0.4, -0.2) is 50.3 Å². The number of hydrogen-bond donors (Lipinski definition) is 2. The Morgan fingerprint density at radius 1 is 1.44 bits per heavy atom. The fraction of sp³-hybridized carbons (Fsp3) is 0.471. The fourth-order valence-corrected chi connectivity index (χ4v) is 2.92. The number of anilines is 1. The zero-order valence-electron chi connectivity index (χ0n) is 14.5. The Kier molecular flexibility index (Phi) is 5.08. The van der Waals surface area contributed by atoms with Gasteiger partial charge >= 0.3 is 6.18 Å². The van der Waals surface area contributed by atoms with E-state index >= 15 is 0 Å². The van der Waals surface area contributed by atoms with Gasteiger partial charge in [0.25, 0.3) is 0 Å². The Bertz CT molecular complexity index is 874. The maximum atomic E-state index is 13.5. The number of halogens is 3. The third-order valence-corrected chi connectivity index (χ3v) is 4.55. The van der Waals surface area contributed by atoms with E-state index in [4.69, 9.17) is 5.11 Å².